The van der Waals surface area contributed by atoms with E-state index in [1.165, 1.54) is 0 Å². The first-order valence-electron chi connectivity index (χ1n) is 8.50. The Morgan fingerprint density at radius 2 is 2.20 bits per heavy atom. The number of nitrogen functional groups attached to an aromatic ring is 1. The molecule has 2 aliphatic rings. The minimum Gasteiger partial charge on any atom is -0.397 e. The van der Waals surface area contributed by atoms with Crippen LogP contribution in [0.15, 0.2) is 35.7 Å². The Labute approximate surface area is 150 Å². The van der Waals surface area contributed by atoms with Crippen LogP contribution in [0.4, 0.5) is 11.4 Å². The van der Waals surface area contributed by atoms with Gasteiger partial charge >= 0.3 is 0 Å². The van der Waals surface area contributed by atoms with Crippen LogP contribution in [0, 0.1) is 11.3 Å². The summed E-state index contributed by atoms with van der Waals surface area (Å²) in [5, 5.41) is 5.07. The normalized spacial score (nSPS) is 24.5. The summed E-state index contributed by atoms with van der Waals surface area (Å²) >= 11 is 1.66. The molecule has 25 heavy (non-hydrogen) atoms. The van der Waals surface area contributed by atoms with E-state index in [-0.39, 0.29) is 23.1 Å². The number of rotatable bonds is 3. The van der Waals surface area contributed by atoms with Gasteiger partial charge in [-0.2, -0.15) is 0 Å². The summed E-state index contributed by atoms with van der Waals surface area (Å²) in [5.41, 5.74) is 8.05. The number of nitrogens with two attached hydrogens (primary N) is 1. The average Bonchev–Trinajstić information content (AvgIpc) is 3.09. The zero-order valence-electron chi connectivity index (χ0n) is 14.1. The molecule has 2 amide bonds. The lowest BCUT2D eigenvalue weighted by molar-refractivity contribution is -0.132. The fourth-order valence-electron chi connectivity index (χ4n) is 3.80. The quantitative estimate of drug-likeness (QED) is 0.830. The van der Waals surface area contributed by atoms with Crippen LogP contribution < -0.4 is 11.1 Å². The summed E-state index contributed by atoms with van der Waals surface area (Å²) < 4.78 is 0. The van der Waals surface area contributed by atoms with Gasteiger partial charge in [-0.05, 0) is 47.9 Å². The molecule has 130 valence electrons. The van der Waals surface area contributed by atoms with Gasteiger partial charge in [0.05, 0.1) is 16.8 Å². The number of nitrogens with zero attached hydrogens (tertiary/aromatic N) is 1. The van der Waals surface area contributed by atoms with Gasteiger partial charge in [0.1, 0.15) is 0 Å². The summed E-state index contributed by atoms with van der Waals surface area (Å²) in [5.74, 6) is 0.399. The van der Waals surface area contributed by atoms with E-state index in [4.69, 9.17) is 5.73 Å². The van der Waals surface area contributed by atoms with Gasteiger partial charge in [0.25, 0.3) is 0 Å². The van der Waals surface area contributed by atoms with Crippen LogP contribution in [-0.4, -0.2) is 29.8 Å². The summed E-state index contributed by atoms with van der Waals surface area (Å²) in [6, 6.07) is 9.81. The molecule has 2 unspecified atom stereocenters. The number of carbonyl (C=O) groups excluding carboxylic acids is 2. The first-order chi connectivity index (χ1) is 12.0. The van der Waals surface area contributed by atoms with Crippen molar-refractivity contribution in [2.24, 2.45) is 11.3 Å². The predicted octanol–water partition coefficient (Wildman–Crippen LogP) is 3.19. The van der Waals surface area contributed by atoms with E-state index in [2.05, 4.69) is 11.4 Å². The molecular formula is C19H21N3O2S. The number of amides is 2. The smallest absolute Gasteiger partial charge is 0.231 e. The van der Waals surface area contributed by atoms with Gasteiger partial charge < -0.3 is 16.0 Å². The Balaban J connectivity index is 1.51. The maximum atomic E-state index is 12.9. The number of hydrogen-bond donors (Lipinski definition) is 2. The fraction of sp³-hybridized carbons (Fsp3) is 0.368. The van der Waals surface area contributed by atoms with Crippen molar-refractivity contribution in [1.82, 2.24) is 4.90 Å². The first-order valence-corrected chi connectivity index (χ1v) is 9.38. The number of anilines is 2. The largest absolute Gasteiger partial charge is 0.397 e. The molecule has 3 N–H and O–H groups in total. The van der Waals surface area contributed by atoms with E-state index in [1.54, 1.807) is 18.3 Å². The van der Waals surface area contributed by atoms with Gasteiger partial charge in [0.15, 0.2) is 0 Å². The number of thiophene rings is 1. The molecule has 2 aromatic rings. The number of fused-ring (bicyclic) bond motifs is 1. The van der Waals surface area contributed by atoms with E-state index in [0.29, 0.717) is 24.5 Å². The molecule has 2 heterocycles. The molecule has 6 heteroatoms. The highest BCUT2D eigenvalue weighted by molar-refractivity contribution is 7.13. The summed E-state index contributed by atoms with van der Waals surface area (Å²) in [4.78, 5) is 27.4. The van der Waals surface area contributed by atoms with E-state index in [0.717, 1.165) is 23.3 Å². The number of carbonyl (C=O) groups is 2. The Morgan fingerprint density at radius 3 is 2.88 bits per heavy atom. The zero-order chi connectivity index (χ0) is 17.6. The third-order valence-electron chi connectivity index (χ3n) is 5.51. The molecule has 2 atom stereocenters. The number of hydrogen-bond acceptors (Lipinski definition) is 4. The minimum absolute atomic E-state index is 0.0377. The molecule has 4 rings (SSSR count). The van der Waals surface area contributed by atoms with Crippen LogP contribution >= 0.6 is 11.3 Å². The SMILES string of the molecule is CC(=O)N1CCC2(C(=O)Nc3cc(-c4cccs4)ccc3N)CC2C1. The highest BCUT2D eigenvalue weighted by atomic mass is 32.1. The zero-order valence-corrected chi connectivity index (χ0v) is 14.9. The highest BCUT2D eigenvalue weighted by Gasteiger charge is 2.62. The summed E-state index contributed by atoms with van der Waals surface area (Å²) in [6.07, 6.45) is 1.58. The van der Waals surface area contributed by atoms with Crippen molar-refractivity contribution in [2.75, 3.05) is 24.1 Å². The minimum atomic E-state index is -0.322. The van der Waals surface area contributed by atoms with Crippen LogP contribution in [0.5, 0.6) is 0 Å². The van der Waals surface area contributed by atoms with Crippen molar-refractivity contribution in [2.45, 2.75) is 19.8 Å². The Kier molecular flexibility index (Phi) is 3.80. The molecule has 1 aromatic carbocycles. The molecule has 0 radical (unpaired) electrons. The van der Waals surface area contributed by atoms with Gasteiger partial charge in [-0.3, -0.25) is 9.59 Å². The van der Waals surface area contributed by atoms with Crippen LogP contribution in [0.1, 0.15) is 19.8 Å². The number of piperidine rings is 1. The second-order valence-electron chi connectivity index (χ2n) is 7.01. The third kappa shape index (κ3) is 2.80. The van der Waals surface area contributed by atoms with E-state index in [9.17, 15) is 9.59 Å². The lowest BCUT2D eigenvalue weighted by Crippen LogP contribution is -2.41. The van der Waals surface area contributed by atoms with Gasteiger partial charge in [0.2, 0.25) is 11.8 Å². The standard InChI is InChI=1S/C19H21N3O2S/c1-12(23)22-7-6-19(10-14(19)11-22)18(24)21-16-9-13(4-5-15(16)20)17-3-2-8-25-17/h2-5,8-9,14H,6-7,10-11,20H2,1H3,(H,21,24). The Bertz CT molecular complexity index is 833. The second kappa shape index (κ2) is 5.88. The molecule has 1 aromatic heterocycles. The van der Waals surface area contributed by atoms with Crippen molar-refractivity contribution in [3.05, 3.63) is 35.7 Å². The first kappa shape index (κ1) is 16.1. The maximum Gasteiger partial charge on any atom is 0.231 e. The van der Waals surface area contributed by atoms with Gasteiger partial charge in [-0.1, -0.05) is 12.1 Å². The summed E-state index contributed by atoms with van der Waals surface area (Å²) in [7, 11) is 0. The van der Waals surface area contributed by atoms with Crippen molar-refractivity contribution >= 4 is 34.5 Å². The lowest BCUT2D eigenvalue weighted by atomic mass is 9.93. The molecule has 0 bridgehead atoms. The molecular weight excluding hydrogens is 334 g/mol. The van der Waals surface area contributed by atoms with Gasteiger partial charge in [-0.25, -0.2) is 0 Å². The van der Waals surface area contributed by atoms with Crippen LogP contribution in [0.2, 0.25) is 0 Å². The van der Waals surface area contributed by atoms with E-state index in [1.807, 2.05) is 34.5 Å². The second-order valence-corrected chi connectivity index (χ2v) is 7.95. The number of benzene rings is 1. The molecule has 5 nitrogen and oxygen atoms in total. The van der Waals surface area contributed by atoms with Crippen molar-refractivity contribution < 1.29 is 9.59 Å². The fourth-order valence-corrected chi connectivity index (χ4v) is 4.53. The molecule has 1 saturated heterocycles. The van der Waals surface area contributed by atoms with Crippen molar-refractivity contribution in [3.8, 4) is 10.4 Å². The van der Waals surface area contributed by atoms with E-state index < -0.39 is 0 Å². The molecule has 0 spiro atoms. The van der Waals surface area contributed by atoms with Gasteiger partial charge in [0, 0.05) is 24.9 Å². The Morgan fingerprint density at radius 1 is 1.36 bits per heavy atom. The van der Waals surface area contributed by atoms with Crippen LogP contribution in [0.3, 0.4) is 0 Å². The number of nitrogens with one attached hydrogen (secondary N) is 1. The monoisotopic (exact) mass is 355 g/mol. The van der Waals surface area contributed by atoms with Crippen LogP contribution in [-0.2, 0) is 9.59 Å². The molecule has 1 aliphatic heterocycles. The molecule has 1 aliphatic carbocycles. The van der Waals surface area contributed by atoms with Crippen LogP contribution in [0.25, 0.3) is 10.4 Å². The predicted molar refractivity (Wildman–Crippen MR) is 100 cm³/mol. The van der Waals surface area contributed by atoms with E-state index >= 15 is 0 Å². The Hall–Kier alpha value is -2.34. The third-order valence-corrected chi connectivity index (χ3v) is 6.42. The van der Waals surface area contributed by atoms with Crippen molar-refractivity contribution in [3.63, 3.8) is 0 Å². The van der Waals surface area contributed by atoms with Gasteiger partial charge in [-0.15, -0.1) is 11.3 Å². The lowest BCUT2D eigenvalue weighted by Gasteiger charge is -2.30. The summed E-state index contributed by atoms with van der Waals surface area (Å²) in [6.45, 7) is 2.93. The average molecular weight is 355 g/mol. The highest BCUT2D eigenvalue weighted by Crippen LogP contribution is 2.58. The van der Waals surface area contributed by atoms with Crippen molar-refractivity contribution in [1.29, 1.82) is 0 Å². The maximum absolute atomic E-state index is 12.9. The number of likely N-dealkylation sites (tertiary alicyclic amines) is 1. The molecule has 2 fully saturated rings. The topological polar surface area (TPSA) is 75.4 Å². The molecule has 1 saturated carbocycles.